The van der Waals surface area contributed by atoms with Crippen molar-refractivity contribution in [1.29, 1.82) is 0 Å². The smallest absolute Gasteiger partial charge is 0.251 e. The lowest BCUT2D eigenvalue weighted by molar-refractivity contribution is -0.123. The molecule has 2 rings (SSSR count). The predicted octanol–water partition coefficient (Wildman–Crippen LogP) is 2.71. The van der Waals surface area contributed by atoms with Crippen LogP contribution in [0, 0.1) is 0 Å². The number of aromatic nitrogens is 1. The number of hydrogen-bond acceptors (Lipinski definition) is 6. The molecule has 26 heavy (non-hydrogen) atoms. The molecule has 2 N–H and O–H groups in total. The Morgan fingerprint density at radius 3 is 2.69 bits per heavy atom. The molecule has 2 aromatic rings. The monoisotopic (exact) mass is 393 g/mol. The molecule has 6 nitrogen and oxygen atoms in total. The van der Waals surface area contributed by atoms with Crippen molar-refractivity contribution in [2.45, 2.75) is 25.9 Å². The van der Waals surface area contributed by atoms with E-state index in [0.717, 1.165) is 11.4 Å². The summed E-state index contributed by atoms with van der Waals surface area (Å²) in [6.45, 7) is 2.83. The number of thiazole rings is 1. The standard InChI is InChI=1S/C18H23N3O3S2/c1-3-24-15-6-4-13(5-7-15)17(22)21-16(8-9-25-2)18(23)19-10-14-11-26-12-20-14/h4-7,11-12,16H,3,8-10H2,1-2H3,(H,19,23)(H,21,22)/t16-/m0/s1. The van der Waals surface area contributed by atoms with Crippen molar-refractivity contribution in [1.82, 2.24) is 15.6 Å². The van der Waals surface area contributed by atoms with Crippen molar-refractivity contribution >= 4 is 34.9 Å². The molecule has 0 spiro atoms. The quantitative estimate of drug-likeness (QED) is 0.649. The molecule has 0 saturated carbocycles. The third-order valence-corrected chi connectivity index (χ3v) is 4.87. The lowest BCUT2D eigenvalue weighted by Gasteiger charge is -2.18. The fourth-order valence-electron chi connectivity index (χ4n) is 2.24. The number of nitrogens with zero attached hydrogens (tertiary/aromatic N) is 1. The number of thioether (sulfide) groups is 1. The maximum Gasteiger partial charge on any atom is 0.251 e. The van der Waals surface area contributed by atoms with Gasteiger partial charge >= 0.3 is 0 Å². The summed E-state index contributed by atoms with van der Waals surface area (Å²) in [4.78, 5) is 29.1. The second kappa shape index (κ2) is 10.8. The highest BCUT2D eigenvalue weighted by Gasteiger charge is 2.21. The summed E-state index contributed by atoms with van der Waals surface area (Å²) < 4.78 is 5.38. The van der Waals surface area contributed by atoms with Crippen LogP contribution in [0.3, 0.4) is 0 Å². The van der Waals surface area contributed by atoms with Crippen LogP contribution in [0.25, 0.3) is 0 Å². The Morgan fingerprint density at radius 1 is 1.31 bits per heavy atom. The molecule has 0 bridgehead atoms. The number of nitrogens with one attached hydrogen (secondary N) is 2. The highest BCUT2D eigenvalue weighted by Crippen LogP contribution is 2.12. The van der Waals surface area contributed by atoms with Gasteiger partial charge in [-0.1, -0.05) is 0 Å². The molecule has 0 unspecified atom stereocenters. The molecule has 1 atom stereocenters. The van der Waals surface area contributed by atoms with Gasteiger partial charge in [-0.05, 0) is 49.6 Å². The molecule has 0 radical (unpaired) electrons. The van der Waals surface area contributed by atoms with Crippen LogP contribution in [0.15, 0.2) is 35.2 Å². The molecule has 1 aromatic carbocycles. The van der Waals surface area contributed by atoms with E-state index in [0.29, 0.717) is 30.9 Å². The molecule has 0 saturated heterocycles. The minimum absolute atomic E-state index is 0.202. The van der Waals surface area contributed by atoms with E-state index in [1.54, 1.807) is 41.5 Å². The molecule has 0 aliphatic carbocycles. The number of ether oxygens (including phenoxy) is 1. The Balaban J connectivity index is 1.96. The second-order valence-electron chi connectivity index (χ2n) is 5.46. The number of benzene rings is 1. The minimum Gasteiger partial charge on any atom is -0.494 e. The number of rotatable bonds is 10. The number of carbonyl (C=O) groups is 2. The van der Waals surface area contributed by atoms with E-state index in [1.807, 2.05) is 18.6 Å². The Hall–Kier alpha value is -2.06. The fourth-order valence-corrected chi connectivity index (χ4v) is 3.27. The summed E-state index contributed by atoms with van der Waals surface area (Å²) in [5.74, 6) is 1.01. The Kier molecular flexibility index (Phi) is 8.43. The van der Waals surface area contributed by atoms with Gasteiger partial charge < -0.3 is 15.4 Å². The summed E-state index contributed by atoms with van der Waals surface area (Å²) in [7, 11) is 0. The molecular formula is C18H23N3O3S2. The van der Waals surface area contributed by atoms with Crippen molar-refractivity contribution in [2.24, 2.45) is 0 Å². The van der Waals surface area contributed by atoms with Crippen LogP contribution in [0.2, 0.25) is 0 Å². The highest BCUT2D eigenvalue weighted by molar-refractivity contribution is 7.98. The van der Waals surface area contributed by atoms with Crippen LogP contribution < -0.4 is 15.4 Å². The van der Waals surface area contributed by atoms with E-state index < -0.39 is 6.04 Å². The fraction of sp³-hybridized carbons (Fsp3) is 0.389. The molecule has 8 heteroatoms. The maximum absolute atomic E-state index is 12.5. The molecule has 0 aliphatic heterocycles. The third kappa shape index (κ3) is 6.34. The molecule has 0 fully saturated rings. The van der Waals surface area contributed by atoms with Crippen molar-refractivity contribution < 1.29 is 14.3 Å². The van der Waals surface area contributed by atoms with Gasteiger partial charge in [-0.2, -0.15) is 11.8 Å². The van der Waals surface area contributed by atoms with Crippen LogP contribution >= 0.6 is 23.1 Å². The van der Waals surface area contributed by atoms with Crippen molar-refractivity contribution in [3.05, 3.63) is 46.4 Å². The number of hydrogen-bond donors (Lipinski definition) is 2. The number of amides is 2. The van der Waals surface area contributed by atoms with Crippen molar-refractivity contribution in [2.75, 3.05) is 18.6 Å². The summed E-state index contributed by atoms with van der Waals surface area (Å²) in [6.07, 6.45) is 2.53. The molecule has 1 aromatic heterocycles. The summed E-state index contributed by atoms with van der Waals surface area (Å²) in [6, 6.07) is 6.30. The molecule has 1 heterocycles. The Morgan fingerprint density at radius 2 is 2.08 bits per heavy atom. The zero-order valence-electron chi connectivity index (χ0n) is 14.9. The van der Waals surface area contributed by atoms with Gasteiger partial charge in [0.2, 0.25) is 5.91 Å². The van der Waals surface area contributed by atoms with Gasteiger partial charge in [0, 0.05) is 10.9 Å². The third-order valence-electron chi connectivity index (χ3n) is 3.59. The van der Waals surface area contributed by atoms with E-state index >= 15 is 0 Å². The van der Waals surface area contributed by atoms with Crippen molar-refractivity contribution in [3.8, 4) is 5.75 Å². The first-order valence-electron chi connectivity index (χ1n) is 8.31. The lowest BCUT2D eigenvalue weighted by atomic mass is 10.1. The van der Waals surface area contributed by atoms with Gasteiger partial charge in [-0.3, -0.25) is 9.59 Å². The predicted molar refractivity (Wildman–Crippen MR) is 106 cm³/mol. The van der Waals surface area contributed by atoms with Crippen LogP contribution in [-0.2, 0) is 11.3 Å². The summed E-state index contributed by atoms with van der Waals surface area (Å²) >= 11 is 3.12. The number of carbonyl (C=O) groups excluding carboxylic acids is 2. The first-order valence-corrected chi connectivity index (χ1v) is 10.6. The van der Waals surface area contributed by atoms with Gasteiger partial charge in [0.05, 0.1) is 24.4 Å². The van der Waals surface area contributed by atoms with Crippen LogP contribution in [-0.4, -0.2) is 41.5 Å². The van der Waals surface area contributed by atoms with Gasteiger partial charge in [-0.15, -0.1) is 11.3 Å². The lowest BCUT2D eigenvalue weighted by Crippen LogP contribution is -2.46. The van der Waals surface area contributed by atoms with Crippen molar-refractivity contribution in [3.63, 3.8) is 0 Å². The van der Waals surface area contributed by atoms with E-state index in [-0.39, 0.29) is 11.8 Å². The summed E-state index contributed by atoms with van der Waals surface area (Å²) in [5, 5.41) is 7.55. The van der Waals surface area contributed by atoms with Crippen LogP contribution in [0.1, 0.15) is 29.4 Å². The van der Waals surface area contributed by atoms with Crippen LogP contribution in [0.4, 0.5) is 0 Å². The minimum atomic E-state index is -0.583. The average molecular weight is 394 g/mol. The van der Waals surface area contributed by atoms with E-state index in [4.69, 9.17) is 4.74 Å². The van der Waals surface area contributed by atoms with Gasteiger partial charge in [0.1, 0.15) is 11.8 Å². The largest absolute Gasteiger partial charge is 0.494 e. The van der Waals surface area contributed by atoms with E-state index in [2.05, 4.69) is 15.6 Å². The zero-order chi connectivity index (χ0) is 18.8. The van der Waals surface area contributed by atoms with Gasteiger partial charge in [0.25, 0.3) is 5.91 Å². The average Bonchev–Trinajstić information content (AvgIpc) is 3.17. The molecular weight excluding hydrogens is 370 g/mol. The van der Waals surface area contributed by atoms with Gasteiger partial charge in [0.15, 0.2) is 0 Å². The first-order chi connectivity index (χ1) is 12.6. The first kappa shape index (κ1) is 20.3. The molecule has 0 aliphatic rings. The Labute approximate surface area is 161 Å². The SMILES string of the molecule is CCOc1ccc(C(=O)N[C@@H](CCSC)C(=O)NCc2cscn2)cc1. The maximum atomic E-state index is 12.5. The second-order valence-corrected chi connectivity index (χ2v) is 7.17. The highest BCUT2D eigenvalue weighted by atomic mass is 32.2. The summed E-state index contributed by atoms with van der Waals surface area (Å²) in [5.41, 5.74) is 3.03. The van der Waals surface area contributed by atoms with Gasteiger partial charge in [-0.25, -0.2) is 4.98 Å². The zero-order valence-corrected chi connectivity index (χ0v) is 16.5. The molecule has 140 valence electrons. The van der Waals surface area contributed by atoms with E-state index in [9.17, 15) is 9.59 Å². The topological polar surface area (TPSA) is 80.3 Å². The Bertz CT molecular complexity index is 690. The van der Waals surface area contributed by atoms with E-state index in [1.165, 1.54) is 11.3 Å². The van der Waals surface area contributed by atoms with Crippen LogP contribution in [0.5, 0.6) is 5.75 Å². The normalized spacial score (nSPS) is 11.6. The molecule has 2 amide bonds.